The monoisotopic (exact) mass is 223 g/mol. The van der Waals surface area contributed by atoms with Crippen molar-refractivity contribution in [1.82, 2.24) is 4.90 Å². The molecule has 3 atom stereocenters. The molecule has 88 valence electrons. The Morgan fingerprint density at radius 3 is 2.38 bits per heavy atom. The fourth-order valence-electron chi connectivity index (χ4n) is 2.21. The van der Waals surface area contributed by atoms with Crippen molar-refractivity contribution in [3.8, 4) is 0 Å². The molecule has 2 rings (SSSR count). The molecule has 0 N–H and O–H groups in total. The molecule has 2 aliphatic rings. The zero-order valence-electron chi connectivity index (χ0n) is 9.68. The summed E-state index contributed by atoms with van der Waals surface area (Å²) >= 11 is 0. The van der Waals surface area contributed by atoms with Gasteiger partial charge in [0.1, 0.15) is 0 Å². The van der Waals surface area contributed by atoms with Crippen molar-refractivity contribution in [2.75, 3.05) is 6.54 Å². The summed E-state index contributed by atoms with van der Waals surface area (Å²) in [6, 6.07) is 0. The van der Waals surface area contributed by atoms with Crippen LogP contribution >= 0.6 is 0 Å². The lowest BCUT2D eigenvalue weighted by molar-refractivity contribution is -0.137. The summed E-state index contributed by atoms with van der Waals surface area (Å²) in [4.78, 5) is 24.1. The molecule has 0 spiro atoms. The second kappa shape index (κ2) is 4.37. The van der Waals surface area contributed by atoms with Crippen LogP contribution in [0.1, 0.15) is 26.7 Å². The number of amides is 2. The largest absolute Gasteiger partial charge is 0.369 e. The minimum Gasteiger partial charge on any atom is -0.369 e. The van der Waals surface area contributed by atoms with E-state index in [2.05, 4.69) is 13.8 Å². The standard InChI is InChI=1S/C12H17NO3/c1-3-8(12-9(4-2)16-12)7-13-10(14)5-6-11(13)15/h5-6,8-9,12H,3-4,7H2,1-2H3. The van der Waals surface area contributed by atoms with Crippen LogP contribution in [0.15, 0.2) is 12.2 Å². The molecule has 0 radical (unpaired) electrons. The van der Waals surface area contributed by atoms with Crippen LogP contribution in [-0.4, -0.2) is 35.5 Å². The molecule has 2 aliphatic heterocycles. The van der Waals surface area contributed by atoms with Gasteiger partial charge in [-0.25, -0.2) is 0 Å². The first kappa shape index (κ1) is 11.3. The third-order valence-electron chi connectivity index (χ3n) is 3.33. The number of imide groups is 1. The normalized spacial score (nSPS) is 30.0. The Bertz CT molecular complexity index is 319. The lowest BCUT2D eigenvalue weighted by Crippen LogP contribution is -2.36. The maximum atomic E-state index is 11.4. The Labute approximate surface area is 95.2 Å². The molecule has 16 heavy (non-hydrogen) atoms. The molecule has 3 unspecified atom stereocenters. The van der Waals surface area contributed by atoms with Gasteiger partial charge in [0.25, 0.3) is 11.8 Å². The van der Waals surface area contributed by atoms with Crippen molar-refractivity contribution in [2.45, 2.75) is 38.9 Å². The van der Waals surface area contributed by atoms with Crippen LogP contribution in [0.5, 0.6) is 0 Å². The number of nitrogens with zero attached hydrogens (tertiary/aromatic N) is 1. The lowest BCUT2D eigenvalue weighted by atomic mass is 9.98. The Morgan fingerprint density at radius 2 is 1.94 bits per heavy atom. The molecule has 2 heterocycles. The Kier molecular flexibility index (Phi) is 3.10. The van der Waals surface area contributed by atoms with E-state index in [9.17, 15) is 9.59 Å². The van der Waals surface area contributed by atoms with Gasteiger partial charge in [-0.3, -0.25) is 14.5 Å². The summed E-state index contributed by atoms with van der Waals surface area (Å²) in [5.74, 6) is -0.118. The molecule has 1 fully saturated rings. The Hall–Kier alpha value is -1.16. The van der Waals surface area contributed by atoms with Gasteiger partial charge in [-0.2, -0.15) is 0 Å². The van der Waals surface area contributed by atoms with Crippen molar-refractivity contribution < 1.29 is 14.3 Å². The van der Waals surface area contributed by atoms with E-state index in [1.165, 1.54) is 17.1 Å². The van der Waals surface area contributed by atoms with Crippen LogP contribution in [0.4, 0.5) is 0 Å². The average Bonchev–Trinajstić information content (AvgIpc) is 3.00. The van der Waals surface area contributed by atoms with Gasteiger partial charge in [-0.15, -0.1) is 0 Å². The van der Waals surface area contributed by atoms with E-state index >= 15 is 0 Å². The van der Waals surface area contributed by atoms with Crippen molar-refractivity contribution in [2.24, 2.45) is 5.92 Å². The van der Waals surface area contributed by atoms with Crippen LogP contribution in [0, 0.1) is 5.92 Å². The van der Waals surface area contributed by atoms with Crippen molar-refractivity contribution in [1.29, 1.82) is 0 Å². The van der Waals surface area contributed by atoms with E-state index in [1.807, 2.05) is 0 Å². The highest BCUT2D eigenvalue weighted by molar-refractivity contribution is 6.12. The summed E-state index contributed by atoms with van der Waals surface area (Å²) in [6.45, 7) is 4.64. The third kappa shape index (κ3) is 2.02. The first-order chi connectivity index (χ1) is 7.67. The van der Waals surface area contributed by atoms with Gasteiger partial charge in [0.15, 0.2) is 0 Å². The smallest absolute Gasteiger partial charge is 0.253 e. The zero-order chi connectivity index (χ0) is 11.7. The van der Waals surface area contributed by atoms with Gasteiger partial charge in [0.05, 0.1) is 12.2 Å². The molecule has 2 amide bonds. The van der Waals surface area contributed by atoms with Gasteiger partial charge < -0.3 is 4.74 Å². The number of ether oxygens (including phenoxy) is 1. The minimum atomic E-state index is -0.197. The summed E-state index contributed by atoms with van der Waals surface area (Å²) in [7, 11) is 0. The Morgan fingerprint density at radius 1 is 1.31 bits per heavy atom. The zero-order valence-corrected chi connectivity index (χ0v) is 9.68. The number of epoxide rings is 1. The molecular weight excluding hydrogens is 206 g/mol. The minimum absolute atomic E-state index is 0.197. The Balaban J connectivity index is 1.92. The number of carbonyl (C=O) groups excluding carboxylic acids is 2. The quantitative estimate of drug-likeness (QED) is 0.518. The second-order valence-electron chi connectivity index (χ2n) is 4.34. The molecule has 4 heteroatoms. The topological polar surface area (TPSA) is 49.9 Å². The maximum Gasteiger partial charge on any atom is 0.253 e. The fourth-order valence-corrected chi connectivity index (χ4v) is 2.21. The van der Waals surface area contributed by atoms with E-state index in [0.717, 1.165) is 12.8 Å². The number of rotatable bonds is 5. The molecule has 0 bridgehead atoms. The SMILES string of the molecule is CCC(CN1C(=O)C=CC1=O)C1OC1CC. The van der Waals surface area contributed by atoms with Gasteiger partial charge in [-0.1, -0.05) is 13.8 Å². The van der Waals surface area contributed by atoms with Crippen LogP contribution in [0.3, 0.4) is 0 Å². The van der Waals surface area contributed by atoms with Gasteiger partial charge >= 0.3 is 0 Å². The van der Waals surface area contributed by atoms with Crippen LogP contribution in [0.2, 0.25) is 0 Å². The summed E-state index contributed by atoms with van der Waals surface area (Å²) in [5.41, 5.74) is 0. The number of hydrogen-bond donors (Lipinski definition) is 0. The third-order valence-corrected chi connectivity index (χ3v) is 3.33. The van der Waals surface area contributed by atoms with E-state index in [0.29, 0.717) is 12.6 Å². The van der Waals surface area contributed by atoms with Gasteiger partial charge in [0, 0.05) is 24.6 Å². The van der Waals surface area contributed by atoms with Crippen LogP contribution in [-0.2, 0) is 14.3 Å². The van der Waals surface area contributed by atoms with Crippen molar-refractivity contribution in [3.63, 3.8) is 0 Å². The predicted octanol–water partition coefficient (Wildman–Crippen LogP) is 1.11. The molecule has 0 saturated carbocycles. The first-order valence-electron chi connectivity index (χ1n) is 5.86. The molecule has 0 aliphatic carbocycles. The molecule has 0 aromatic carbocycles. The highest BCUT2D eigenvalue weighted by atomic mass is 16.6. The van der Waals surface area contributed by atoms with E-state index in [4.69, 9.17) is 4.74 Å². The number of carbonyl (C=O) groups is 2. The lowest BCUT2D eigenvalue weighted by Gasteiger charge is -2.19. The fraction of sp³-hybridized carbons (Fsp3) is 0.667. The first-order valence-corrected chi connectivity index (χ1v) is 5.86. The highest BCUT2D eigenvalue weighted by Gasteiger charge is 2.44. The summed E-state index contributed by atoms with van der Waals surface area (Å²) in [5, 5.41) is 0. The predicted molar refractivity (Wildman–Crippen MR) is 58.6 cm³/mol. The maximum absolute atomic E-state index is 11.4. The van der Waals surface area contributed by atoms with E-state index in [1.54, 1.807) is 0 Å². The second-order valence-corrected chi connectivity index (χ2v) is 4.34. The molecule has 4 nitrogen and oxygen atoms in total. The molecule has 1 saturated heterocycles. The van der Waals surface area contributed by atoms with Crippen molar-refractivity contribution in [3.05, 3.63) is 12.2 Å². The number of hydrogen-bond acceptors (Lipinski definition) is 3. The van der Waals surface area contributed by atoms with Crippen LogP contribution < -0.4 is 0 Å². The average molecular weight is 223 g/mol. The van der Waals surface area contributed by atoms with Crippen LogP contribution in [0.25, 0.3) is 0 Å². The van der Waals surface area contributed by atoms with E-state index in [-0.39, 0.29) is 23.8 Å². The van der Waals surface area contributed by atoms with Gasteiger partial charge in [-0.05, 0) is 12.8 Å². The van der Waals surface area contributed by atoms with Crippen molar-refractivity contribution >= 4 is 11.8 Å². The summed E-state index contributed by atoms with van der Waals surface area (Å²) < 4.78 is 5.53. The van der Waals surface area contributed by atoms with Gasteiger partial charge in [0.2, 0.25) is 0 Å². The highest BCUT2D eigenvalue weighted by Crippen LogP contribution is 2.34. The molecule has 0 aromatic heterocycles. The molecular formula is C12H17NO3. The molecule has 0 aromatic rings. The van der Waals surface area contributed by atoms with E-state index < -0.39 is 0 Å². The summed E-state index contributed by atoms with van der Waals surface area (Å²) in [6.07, 6.45) is 5.15.